The summed E-state index contributed by atoms with van der Waals surface area (Å²) in [7, 11) is 0. The number of rotatable bonds is 6. The maximum atomic E-state index is 5.54. The number of thiophene rings is 1. The molecule has 0 aliphatic carbocycles. The first-order chi connectivity index (χ1) is 13.6. The lowest BCUT2D eigenvalue weighted by Crippen LogP contribution is -3.12. The van der Waals surface area contributed by atoms with E-state index in [0.29, 0.717) is 6.61 Å². The fourth-order valence-electron chi connectivity index (χ4n) is 3.46. The van der Waals surface area contributed by atoms with Gasteiger partial charge < -0.3 is 19.7 Å². The number of aryl methyl sites for hydroxylation is 2. The van der Waals surface area contributed by atoms with E-state index in [1.165, 1.54) is 15.3 Å². The SMILES string of the molecule is CCOc1ccc(Nc2nc(C[NH+]3CCOCC3)nc3sc(C)c(C)c23)cc1. The molecule has 0 amide bonds. The van der Waals surface area contributed by atoms with Crippen molar-refractivity contribution in [3.8, 4) is 5.75 Å². The third-order valence-electron chi connectivity index (χ3n) is 5.11. The van der Waals surface area contributed by atoms with E-state index in [2.05, 4.69) is 19.2 Å². The molecule has 0 atom stereocenters. The molecule has 0 spiro atoms. The van der Waals surface area contributed by atoms with Crippen LogP contribution in [0.25, 0.3) is 10.2 Å². The Hall–Kier alpha value is -2.22. The highest BCUT2D eigenvalue weighted by Crippen LogP contribution is 2.34. The molecule has 1 aliphatic rings. The monoisotopic (exact) mass is 399 g/mol. The van der Waals surface area contributed by atoms with Crippen molar-refractivity contribution in [3.63, 3.8) is 0 Å². The maximum absolute atomic E-state index is 5.54. The van der Waals surface area contributed by atoms with Crippen LogP contribution in [0.2, 0.25) is 0 Å². The van der Waals surface area contributed by atoms with Crippen LogP contribution < -0.4 is 15.0 Å². The highest BCUT2D eigenvalue weighted by atomic mass is 32.1. The number of nitrogens with one attached hydrogen (secondary N) is 2. The number of ether oxygens (including phenoxy) is 2. The Morgan fingerprint density at radius 3 is 2.61 bits per heavy atom. The number of benzene rings is 1. The summed E-state index contributed by atoms with van der Waals surface area (Å²) >= 11 is 1.74. The standard InChI is InChI=1S/C21H26N4O2S/c1-4-27-17-7-5-16(6-8-17)22-20-19-14(2)15(3)28-21(19)24-18(23-20)13-25-9-11-26-12-10-25/h5-8H,4,9-13H2,1-3H3,(H,22,23,24)/p+1. The molecule has 0 saturated carbocycles. The van der Waals surface area contributed by atoms with Gasteiger partial charge in [0, 0.05) is 10.6 Å². The molecule has 1 aliphatic heterocycles. The molecular formula is C21H27N4O2S+. The van der Waals surface area contributed by atoms with Crippen molar-refractivity contribution in [1.82, 2.24) is 9.97 Å². The van der Waals surface area contributed by atoms with E-state index in [9.17, 15) is 0 Å². The summed E-state index contributed by atoms with van der Waals surface area (Å²) in [6.07, 6.45) is 0. The van der Waals surface area contributed by atoms with Crippen LogP contribution in [0.4, 0.5) is 11.5 Å². The molecule has 0 radical (unpaired) electrons. The van der Waals surface area contributed by atoms with Gasteiger partial charge in [0.1, 0.15) is 36.0 Å². The summed E-state index contributed by atoms with van der Waals surface area (Å²) in [5.74, 6) is 2.65. The molecular weight excluding hydrogens is 372 g/mol. The van der Waals surface area contributed by atoms with Crippen LogP contribution in [-0.2, 0) is 11.3 Å². The van der Waals surface area contributed by atoms with Crippen molar-refractivity contribution in [2.45, 2.75) is 27.3 Å². The Kier molecular flexibility index (Phi) is 5.75. The van der Waals surface area contributed by atoms with Crippen LogP contribution in [0.15, 0.2) is 24.3 Å². The van der Waals surface area contributed by atoms with E-state index in [1.807, 2.05) is 31.2 Å². The maximum Gasteiger partial charge on any atom is 0.187 e. The van der Waals surface area contributed by atoms with Crippen LogP contribution in [0.1, 0.15) is 23.2 Å². The van der Waals surface area contributed by atoms with E-state index in [4.69, 9.17) is 19.4 Å². The first kappa shape index (κ1) is 19.1. The molecule has 28 heavy (non-hydrogen) atoms. The molecule has 0 bridgehead atoms. The zero-order valence-electron chi connectivity index (χ0n) is 16.7. The van der Waals surface area contributed by atoms with Crippen molar-refractivity contribution in [2.24, 2.45) is 0 Å². The van der Waals surface area contributed by atoms with Gasteiger partial charge in [-0.3, -0.25) is 0 Å². The summed E-state index contributed by atoms with van der Waals surface area (Å²) in [6.45, 7) is 11.4. The first-order valence-electron chi connectivity index (χ1n) is 9.82. The van der Waals surface area contributed by atoms with Gasteiger partial charge in [0.2, 0.25) is 0 Å². The van der Waals surface area contributed by atoms with Crippen LogP contribution in [0.3, 0.4) is 0 Å². The summed E-state index contributed by atoms with van der Waals surface area (Å²) in [6, 6.07) is 8.02. The lowest BCUT2D eigenvalue weighted by molar-refractivity contribution is -0.922. The Bertz CT molecular complexity index is 949. The molecule has 7 heteroatoms. The summed E-state index contributed by atoms with van der Waals surface area (Å²) in [5, 5.41) is 4.64. The fourth-order valence-corrected chi connectivity index (χ4v) is 4.51. The second kappa shape index (κ2) is 8.43. The van der Waals surface area contributed by atoms with Crippen LogP contribution >= 0.6 is 11.3 Å². The Balaban J connectivity index is 1.66. The number of anilines is 2. The second-order valence-electron chi connectivity index (χ2n) is 7.07. The van der Waals surface area contributed by atoms with Gasteiger partial charge in [0.05, 0.1) is 25.2 Å². The lowest BCUT2D eigenvalue weighted by Gasteiger charge is -2.23. The minimum absolute atomic E-state index is 0.667. The van der Waals surface area contributed by atoms with E-state index in [-0.39, 0.29) is 0 Å². The average molecular weight is 400 g/mol. The molecule has 6 nitrogen and oxygen atoms in total. The summed E-state index contributed by atoms with van der Waals surface area (Å²) < 4.78 is 11.0. The minimum atomic E-state index is 0.667. The fraction of sp³-hybridized carbons (Fsp3) is 0.429. The van der Waals surface area contributed by atoms with Crippen LogP contribution in [0.5, 0.6) is 5.75 Å². The Morgan fingerprint density at radius 2 is 1.89 bits per heavy atom. The molecule has 3 heterocycles. The predicted octanol–water partition coefficient (Wildman–Crippen LogP) is 2.87. The van der Waals surface area contributed by atoms with Gasteiger partial charge in [-0.05, 0) is 50.6 Å². The number of morpholine rings is 1. The third-order valence-corrected chi connectivity index (χ3v) is 6.21. The Labute approximate surface area is 169 Å². The zero-order valence-corrected chi connectivity index (χ0v) is 17.5. The van der Waals surface area contributed by atoms with Crippen molar-refractivity contribution in [2.75, 3.05) is 38.2 Å². The molecule has 1 aromatic carbocycles. The minimum Gasteiger partial charge on any atom is -0.494 e. The molecule has 2 aromatic heterocycles. The molecule has 148 valence electrons. The molecule has 3 aromatic rings. The highest BCUT2D eigenvalue weighted by Gasteiger charge is 2.19. The van der Waals surface area contributed by atoms with Crippen molar-refractivity contribution in [3.05, 3.63) is 40.5 Å². The van der Waals surface area contributed by atoms with Crippen molar-refractivity contribution < 1.29 is 14.4 Å². The van der Waals surface area contributed by atoms with Gasteiger partial charge in [-0.25, -0.2) is 9.97 Å². The van der Waals surface area contributed by atoms with Gasteiger partial charge in [-0.2, -0.15) is 0 Å². The number of nitrogens with zero attached hydrogens (tertiary/aromatic N) is 2. The Morgan fingerprint density at radius 1 is 1.14 bits per heavy atom. The van der Waals surface area contributed by atoms with Crippen molar-refractivity contribution >= 4 is 33.1 Å². The number of aromatic nitrogens is 2. The van der Waals surface area contributed by atoms with E-state index >= 15 is 0 Å². The number of fused-ring (bicyclic) bond motifs is 1. The first-order valence-corrected chi connectivity index (χ1v) is 10.6. The summed E-state index contributed by atoms with van der Waals surface area (Å²) in [4.78, 5) is 13.6. The summed E-state index contributed by atoms with van der Waals surface area (Å²) in [5.41, 5.74) is 2.25. The molecule has 2 N–H and O–H groups in total. The number of hydrogen-bond acceptors (Lipinski definition) is 6. The molecule has 1 saturated heterocycles. The number of hydrogen-bond donors (Lipinski definition) is 2. The van der Waals surface area contributed by atoms with Crippen LogP contribution in [0, 0.1) is 13.8 Å². The lowest BCUT2D eigenvalue weighted by atomic mass is 10.2. The predicted molar refractivity (Wildman–Crippen MR) is 113 cm³/mol. The van der Waals surface area contributed by atoms with E-state index in [0.717, 1.165) is 66.1 Å². The normalized spacial score (nSPS) is 15.1. The average Bonchev–Trinajstić information content (AvgIpc) is 2.98. The quantitative estimate of drug-likeness (QED) is 0.667. The van der Waals surface area contributed by atoms with E-state index in [1.54, 1.807) is 11.3 Å². The zero-order chi connectivity index (χ0) is 19.5. The van der Waals surface area contributed by atoms with E-state index < -0.39 is 0 Å². The van der Waals surface area contributed by atoms with Crippen LogP contribution in [-0.4, -0.2) is 42.9 Å². The van der Waals surface area contributed by atoms with Crippen molar-refractivity contribution in [1.29, 1.82) is 0 Å². The van der Waals surface area contributed by atoms with Gasteiger partial charge in [0.25, 0.3) is 0 Å². The highest BCUT2D eigenvalue weighted by molar-refractivity contribution is 7.18. The third kappa shape index (κ3) is 4.11. The largest absolute Gasteiger partial charge is 0.494 e. The molecule has 1 fully saturated rings. The van der Waals surface area contributed by atoms with Gasteiger partial charge in [0.15, 0.2) is 5.82 Å². The topological polar surface area (TPSA) is 60.7 Å². The molecule has 4 rings (SSSR count). The van der Waals surface area contributed by atoms with Gasteiger partial charge in [-0.1, -0.05) is 0 Å². The number of quaternary nitrogens is 1. The molecule has 0 unspecified atom stereocenters. The smallest absolute Gasteiger partial charge is 0.187 e. The van der Waals surface area contributed by atoms with Gasteiger partial charge >= 0.3 is 0 Å². The van der Waals surface area contributed by atoms with Gasteiger partial charge in [-0.15, -0.1) is 11.3 Å². The second-order valence-corrected chi connectivity index (χ2v) is 8.28.